The Morgan fingerprint density at radius 1 is 0.464 bits per heavy atom. The fourth-order valence-electron chi connectivity index (χ4n) is 3.39. The second-order valence-corrected chi connectivity index (χ2v) is 9.11. The molecule has 0 aliphatic rings. The number of hydrogen-bond donors (Lipinski definition) is 0. The molecule has 0 nitrogen and oxygen atoms in total. The Morgan fingerprint density at radius 3 is 1.43 bits per heavy atom. The summed E-state index contributed by atoms with van der Waals surface area (Å²) in [6.07, 6.45) is 0. The smallest absolute Gasteiger partial charge is 0.196 e. The molecule has 4 rings (SSSR count). The minimum Gasteiger partial charge on any atom is -0.196 e. The van der Waals surface area contributed by atoms with E-state index in [4.69, 9.17) is 0 Å². The largest absolute Gasteiger partial charge is 0.298 e. The molecule has 0 aliphatic carbocycles. The fraction of sp³-hybridized carbons (Fsp3) is 0.0400. The summed E-state index contributed by atoms with van der Waals surface area (Å²) in [4.78, 5) is 0. The van der Waals surface area contributed by atoms with Crippen molar-refractivity contribution in [2.75, 3.05) is 0 Å². The van der Waals surface area contributed by atoms with Crippen LogP contribution in [-0.2, 0) is 5.92 Å². The minimum absolute atomic E-state index is 0.0142. The summed E-state index contributed by atoms with van der Waals surface area (Å²) in [5, 5.41) is 3.31. The summed E-state index contributed by atoms with van der Waals surface area (Å²) in [5.74, 6) is -3.03. The molecule has 0 amide bonds. The molecule has 0 aliphatic heterocycles. The number of rotatable bonds is 5. The van der Waals surface area contributed by atoms with Crippen LogP contribution in [0.1, 0.15) is 11.1 Å². The number of benzene rings is 4. The zero-order valence-electron chi connectivity index (χ0n) is 15.2. The van der Waals surface area contributed by atoms with E-state index in [0.717, 1.165) is 5.30 Å². The van der Waals surface area contributed by atoms with Crippen LogP contribution < -0.4 is 15.9 Å². The van der Waals surface area contributed by atoms with Crippen molar-refractivity contribution in [1.29, 1.82) is 0 Å². The van der Waals surface area contributed by atoms with E-state index in [-0.39, 0.29) is 11.1 Å². The summed E-state index contributed by atoms with van der Waals surface area (Å²) >= 11 is 0. The Bertz CT molecular complexity index is 992. The third-order valence-electron chi connectivity index (χ3n) is 4.78. The third-order valence-corrected chi connectivity index (χ3v) is 7.48. The Hall–Kier alpha value is -2.83. The van der Waals surface area contributed by atoms with Gasteiger partial charge in [-0.05, 0) is 36.4 Å². The van der Waals surface area contributed by atoms with E-state index in [2.05, 4.69) is 24.3 Å². The molecule has 0 fully saturated rings. The van der Waals surface area contributed by atoms with E-state index in [1.54, 1.807) is 30.3 Å². The number of hydrogen-bond acceptors (Lipinski definition) is 0. The molecule has 0 saturated carbocycles. The van der Waals surface area contributed by atoms with Gasteiger partial charge in [-0.3, -0.25) is 0 Å². The second kappa shape index (κ2) is 8.04. The molecule has 0 heterocycles. The highest BCUT2D eigenvalue weighted by Crippen LogP contribution is 2.38. The van der Waals surface area contributed by atoms with Gasteiger partial charge in [0.2, 0.25) is 0 Å². The molecule has 138 valence electrons. The molecule has 0 bridgehead atoms. The normalized spacial score (nSPS) is 11.5. The van der Waals surface area contributed by atoms with Gasteiger partial charge >= 0.3 is 0 Å². The highest BCUT2D eigenvalue weighted by molar-refractivity contribution is 7.79. The summed E-state index contributed by atoms with van der Waals surface area (Å²) in [6, 6.07) is 35.3. The van der Waals surface area contributed by atoms with Gasteiger partial charge in [0.25, 0.3) is 5.92 Å². The van der Waals surface area contributed by atoms with Gasteiger partial charge in [0.15, 0.2) is 0 Å². The first-order valence-corrected chi connectivity index (χ1v) is 10.7. The Kier molecular flexibility index (Phi) is 5.32. The lowest BCUT2D eigenvalue weighted by atomic mass is 10.0. The molecule has 0 spiro atoms. The summed E-state index contributed by atoms with van der Waals surface area (Å²) in [6.45, 7) is 0. The monoisotopic (exact) mass is 389 g/mol. The second-order valence-electron chi connectivity index (χ2n) is 6.63. The van der Waals surface area contributed by atoms with Gasteiger partial charge in [-0.15, -0.1) is 0 Å². The maximum absolute atomic E-state index is 15.1. The van der Waals surface area contributed by atoms with E-state index in [1.807, 2.05) is 42.5 Å². The quantitative estimate of drug-likeness (QED) is 0.406. The summed E-state index contributed by atoms with van der Waals surface area (Å²) < 4.78 is 30.3. The Morgan fingerprint density at radius 2 is 0.893 bits per heavy atom. The standard InChI is InChI=1S/C25H19F2P/c26-25(27,20-11-4-1-5-12-20)21-13-10-18-24(19-21)28(22-14-6-2-7-15-22)23-16-8-3-9-17-23/h1-19H/p+1. The van der Waals surface area contributed by atoms with Gasteiger partial charge in [0.05, 0.1) is 7.92 Å². The Labute approximate surface area is 165 Å². The van der Waals surface area contributed by atoms with Crippen LogP contribution >= 0.6 is 7.92 Å². The molecule has 4 aromatic carbocycles. The van der Waals surface area contributed by atoms with Crippen molar-refractivity contribution >= 4 is 23.8 Å². The lowest BCUT2D eigenvalue weighted by Gasteiger charge is -2.18. The molecule has 4 aromatic rings. The van der Waals surface area contributed by atoms with Crippen LogP contribution in [0.2, 0.25) is 0 Å². The first-order chi connectivity index (χ1) is 13.7. The maximum atomic E-state index is 15.1. The van der Waals surface area contributed by atoms with Gasteiger partial charge in [0.1, 0.15) is 15.9 Å². The van der Waals surface area contributed by atoms with E-state index in [0.29, 0.717) is 0 Å². The average Bonchev–Trinajstić information content (AvgIpc) is 2.76. The topological polar surface area (TPSA) is 0 Å². The molecule has 0 atom stereocenters. The van der Waals surface area contributed by atoms with Gasteiger partial charge < -0.3 is 0 Å². The van der Waals surface area contributed by atoms with E-state index >= 15 is 8.78 Å². The van der Waals surface area contributed by atoms with Crippen LogP contribution in [0.15, 0.2) is 115 Å². The van der Waals surface area contributed by atoms with Gasteiger partial charge in [0, 0.05) is 11.1 Å². The lowest BCUT2D eigenvalue weighted by Crippen LogP contribution is -2.23. The molecule has 0 aromatic heterocycles. The maximum Gasteiger partial charge on any atom is 0.298 e. The third kappa shape index (κ3) is 3.74. The first-order valence-electron chi connectivity index (χ1n) is 9.18. The van der Waals surface area contributed by atoms with E-state index in [1.165, 1.54) is 28.8 Å². The van der Waals surface area contributed by atoms with Crippen LogP contribution in [0.4, 0.5) is 8.78 Å². The molecule has 3 heteroatoms. The highest BCUT2D eigenvalue weighted by Gasteiger charge is 2.35. The van der Waals surface area contributed by atoms with Crippen LogP contribution in [0.25, 0.3) is 0 Å². The van der Waals surface area contributed by atoms with E-state index in [9.17, 15) is 0 Å². The van der Waals surface area contributed by atoms with Gasteiger partial charge in [-0.1, -0.05) is 78.9 Å². The van der Waals surface area contributed by atoms with E-state index < -0.39 is 13.8 Å². The van der Waals surface area contributed by atoms with Crippen LogP contribution in [0.5, 0.6) is 0 Å². The van der Waals surface area contributed by atoms with Crippen molar-refractivity contribution in [2.45, 2.75) is 5.92 Å². The lowest BCUT2D eigenvalue weighted by molar-refractivity contribution is 0.0429. The van der Waals surface area contributed by atoms with Crippen LogP contribution in [0, 0.1) is 0 Å². The average molecular weight is 389 g/mol. The van der Waals surface area contributed by atoms with Crippen LogP contribution in [0.3, 0.4) is 0 Å². The van der Waals surface area contributed by atoms with Crippen molar-refractivity contribution in [3.05, 3.63) is 126 Å². The predicted octanol–water partition coefficient (Wildman–Crippen LogP) is 5.32. The van der Waals surface area contributed by atoms with Crippen molar-refractivity contribution < 1.29 is 8.78 Å². The number of halogens is 2. The fourth-order valence-corrected chi connectivity index (χ4v) is 6.01. The molecule has 0 saturated heterocycles. The molecule has 0 radical (unpaired) electrons. The van der Waals surface area contributed by atoms with Crippen molar-refractivity contribution in [1.82, 2.24) is 0 Å². The molecular weight excluding hydrogens is 369 g/mol. The molecular formula is C25H20F2P+. The molecule has 28 heavy (non-hydrogen) atoms. The molecule has 0 N–H and O–H groups in total. The highest BCUT2D eigenvalue weighted by atomic mass is 31.1. The summed E-state index contributed by atoms with van der Waals surface area (Å²) in [7, 11) is -1.37. The van der Waals surface area contributed by atoms with Crippen molar-refractivity contribution in [2.24, 2.45) is 0 Å². The van der Waals surface area contributed by atoms with Crippen molar-refractivity contribution in [3.63, 3.8) is 0 Å². The SMILES string of the molecule is FC(F)(c1ccccc1)c1cccc([PH+](c2ccccc2)c2ccccc2)c1. The minimum atomic E-state index is -3.03. The van der Waals surface area contributed by atoms with Gasteiger partial charge in [-0.2, -0.15) is 8.78 Å². The van der Waals surface area contributed by atoms with Crippen molar-refractivity contribution in [3.8, 4) is 0 Å². The zero-order valence-corrected chi connectivity index (χ0v) is 16.2. The zero-order chi connectivity index (χ0) is 19.4. The molecule has 0 unspecified atom stereocenters. The predicted molar refractivity (Wildman–Crippen MR) is 116 cm³/mol. The first kappa shape index (κ1) is 18.5. The number of alkyl halides is 2. The van der Waals surface area contributed by atoms with Crippen LogP contribution in [-0.4, -0.2) is 0 Å². The van der Waals surface area contributed by atoms with Gasteiger partial charge in [-0.25, -0.2) is 0 Å². The Balaban J connectivity index is 1.82. The summed E-state index contributed by atoms with van der Waals surface area (Å²) in [5.41, 5.74) is 0.0471.